The highest BCUT2D eigenvalue weighted by Crippen LogP contribution is 2.34. The maximum atomic E-state index is 11.7. The molecule has 6 nitrogen and oxygen atoms in total. The van der Waals surface area contributed by atoms with Crippen LogP contribution in [0.4, 0.5) is 0 Å². The van der Waals surface area contributed by atoms with Gasteiger partial charge in [-0.3, -0.25) is 9.59 Å². The molecule has 0 saturated carbocycles. The third-order valence-corrected chi connectivity index (χ3v) is 5.93. The van der Waals surface area contributed by atoms with Gasteiger partial charge in [-0.05, 0) is 32.6 Å². The Balaban J connectivity index is 1.69. The molecule has 0 aromatic carbocycles. The summed E-state index contributed by atoms with van der Waals surface area (Å²) in [6.07, 6.45) is 5.06. The summed E-state index contributed by atoms with van der Waals surface area (Å²) < 4.78 is 21.7. The van der Waals surface area contributed by atoms with Crippen LogP contribution in [0.1, 0.15) is 51.9 Å². The Morgan fingerprint density at radius 3 is 3.00 bits per heavy atom. The number of hydrogen-bond acceptors (Lipinski definition) is 6. The van der Waals surface area contributed by atoms with E-state index >= 15 is 0 Å². The van der Waals surface area contributed by atoms with E-state index in [9.17, 15) is 9.59 Å². The van der Waals surface area contributed by atoms with Crippen molar-refractivity contribution in [2.24, 2.45) is 5.92 Å². The van der Waals surface area contributed by atoms with Crippen LogP contribution in [-0.2, 0) is 28.5 Å². The van der Waals surface area contributed by atoms with Gasteiger partial charge in [-0.15, -0.1) is 0 Å². The summed E-state index contributed by atoms with van der Waals surface area (Å²) in [7, 11) is 0. The largest absolute Gasteiger partial charge is 0.466 e. The van der Waals surface area contributed by atoms with E-state index in [-0.39, 0.29) is 34.2 Å². The number of halogens is 1. The van der Waals surface area contributed by atoms with Crippen LogP contribution in [0.15, 0.2) is 0 Å². The summed E-state index contributed by atoms with van der Waals surface area (Å²) in [5.41, 5.74) is 0. The number of hydrogen-bond donors (Lipinski definition) is 0. The zero-order valence-corrected chi connectivity index (χ0v) is 16.4. The van der Waals surface area contributed by atoms with Crippen LogP contribution in [0.2, 0.25) is 0 Å². The lowest BCUT2D eigenvalue weighted by Crippen LogP contribution is -2.25. The minimum Gasteiger partial charge on any atom is -0.466 e. The van der Waals surface area contributed by atoms with Crippen LogP contribution in [0.3, 0.4) is 0 Å². The zero-order valence-electron chi connectivity index (χ0n) is 14.2. The number of carbonyl (C=O) groups excluding carboxylic acids is 2. The first-order valence-electron chi connectivity index (χ1n) is 8.82. The van der Waals surface area contributed by atoms with E-state index < -0.39 is 0 Å². The predicted octanol–water partition coefficient (Wildman–Crippen LogP) is 3.00. The van der Waals surface area contributed by atoms with Gasteiger partial charge in [0, 0.05) is 35.9 Å². The number of ether oxygens (including phenoxy) is 4. The fourth-order valence-electron chi connectivity index (χ4n) is 3.14. The molecular formula is C17H27IO6. The fraction of sp³-hybridized carbons (Fsp3) is 0.882. The van der Waals surface area contributed by atoms with Gasteiger partial charge in [0.1, 0.15) is 6.10 Å². The molecule has 0 aromatic heterocycles. The molecule has 0 N–H and O–H groups in total. The van der Waals surface area contributed by atoms with Crippen molar-refractivity contribution < 1.29 is 28.5 Å². The topological polar surface area (TPSA) is 71.1 Å². The quantitative estimate of drug-likeness (QED) is 0.219. The van der Waals surface area contributed by atoms with Crippen LogP contribution in [-0.4, -0.2) is 48.1 Å². The molecule has 0 radical (unpaired) electrons. The van der Waals surface area contributed by atoms with Crippen molar-refractivity contribution in [2.75, 3.05) is 19.8 Å². The van der Waals surface area contributed by atoms with E-state index in [0.29, 0.717) is 32.5 Å². The van der Waals surface area contributed by atoms with E-state index in [1.54, 1.807) is 6.92 Å². The number of rotatable bonds is 10. The molecule has 2 unspecified atom stereocenters. The lowest BCUT2D eigenvalue weighted by Gasteiger charge is -2.22. The van der Waals surface area contributed by atoms with Gasteiger partial charge in [-0.25, -0.2) is 0 Å². The van der Waals surface area contributed by atoms with Crippen molar-refractivity contribution in [2.45, 2.75) is 68.2 Å². The molecule has 2 rings (SSSR count). The van der Waals surface area contributed by atoms with Gasteiger partial charge in [0.25, 0.3) is 0 Å². The van der Waals surface area contributed by atoms with Gasteiger partial charge in [0.15, 0.2) is 6.29 Å². The van der Waals surface area contributed by atoms with E-state index in [1.165, 1.54) is 0 Å². The number of carbonyl (C=O) groups is 2. The minimum atomic E-state index is -0.175. The minimum absolute atomic E-state index is 0.0613. The maximum Gasteiger partial charge on any atom is 0.306 e. The SMILES string of the molecule is CCOC(=O)CCC(I)[C@H]1CC(=O)O[C@@H]1CCCOC1CCCO1. The van der Waals surface area contributed by atoms with Crippen molar-refractivity contribution in [3.8, 4) is 0 Å². The molecule has 0 bridgehead atoms. The fourth-order valence-corrected chi connectivity index (χ4v) is 4.17. The summed E-state index contributed by atoms with van der Waals surface area (Å²) in [5, 5.41) is 0. The van der Waals surface area contributed by atoms with Gasteiger partial charge < -0.3 is 18.9 Å². The average Bonchev–Trinajstić information content (AvgIpc) is 3.19. The molecular weight excluding hydrogens is 427 g/mol. The monoisotopic (exact) mass is 454 g/mol. The molecule has 2 aliphatic heterocycles. The Labute approximate surface area is 157 Å². The van der Waals surface area contributed by atoms with Gasteiger partial charge in [0.05, 0.1) is 13.0 Å². The second-order valence-corrected chi connectivity index (χ2v) is 7.81. The van der Waals surface area contributed by atoms with Gasteiger partial charge >= 0.3 is 11.9 Å². The maximum absolute atomic E-state index is 11.7. The van der Waals surface area contributed by atoms with Crippen molar-refractivity contribution in [3.05, 3.63) is 0 Å². The Morgan fingerprint density at radius 1 is 1.46 bits per heavy atom. The first-order valence-corrected chi connectivity index (χ1v) is 10.1. The molecule has 4 atom stereocenters. The van der Waals surface area contributed by atoms with Gasteiger partial charge in [-0.1, -0.05) is 22.6 Å². The molecule has 0 aromatic rings. The second kappa shape index (κ2) is 10.6. The average molecular weight is 454 g/mol. The van der Waals surface area contributed by atoms with Gasteiger partial charge in [0.2, 0.25) is 0 Å². The van der Waals surface area contributed by atoms with E-state index in [0.717, 1.165) is 32.3 Å². The molecule has 0 amide bonds. The van der Waals surface area contributed by atoms with Crippen molar-refractivity contribution in [1.82, 2.24) is 0 Å². The lowest BCUT2D eigenvalue weighted by molar-refractivity contribution is -0.144. The molecule has 2 saturated heterocycles. The van der Waals surface area contributed by atoms with E-state index in [1.807, 2.05) is 0 Å². The summed E-state index contributed by atoms with van der Waals surface area (Å²) in [6.45, 7) is 3.62. The molecule has 24 heavy (non-hydrogen) atoms. The lowest BCUT2D eigenvalue weighted by atomic mass is 9.92. The van der Waals surface area contributed by atoms with Gasteiger partial charge in [-0.2, -0.15) is 0 Å². The zero-order chi connectivity index (χ0) is 17.4. The smallest absolute Gasteiger partial charge is 0.306 e. The third-order valence-electron chi connectivity index (χ3n) is 4.38. The Kier molecular flexibility index (Phi) is 8.75. The summed E-state index contributed by atoms with van der Waals surface area (Å²) in [6, 6.07) is 0. The van der Waals surface area contributed by atoms with Crippen LogP contribution in [0.25, 0.3) is 0 Å². The molecule has 2 fully saturated rings. The van der Waals surface area contributed by atoms with Crippen LogP contribution >= 0.6 is 22.6 Å². The molecule has 2 aliphatic rings. The molecule has 7 heteroatoms. The molecule has 0 aliphatic carbocycles. The molecule has 138 valence electrons. The Hall–Kier alpha value is -0.410. The van der Waals surface area contributed by atoms with Crippen molar-refractivity contribution in [1.29, 1.82) is 0 Å². The van der Waals surface area contributed by atoms with Crippen molar-refractivity contribution in [3.63, 3.8) is 0 Å². The van der Waals surface area contributed by atoms with E-state index in [2.05, 4.69) is 22.6 Å². The van der Waals surface area contributed by atoms with Crippen molar-refractivity contribution >= 4 is 34.5 Å². The number of cyclic esters (lactones) is 1. The third kappa shape index (κ3) is 6.48. The Morgan fingerprint density at radius 2 is 2.29 bits per heavy atom. The highest BCUT2D eigenvalue weighted by Gasteiger charge is 2.38. The molecule has 2 heterocycles. The van der Waals surface area contributed by atoms with Crippen LogP contribution in [0, 0.1) is 5.92 Å². The Bertz CT molecular complexity index is 410. The highest BCUT2D eigenvalue weighted by atomic mass is 127. The first-order chi connectivity index (χ1) is 11.6. The second-order valence-electron chi connectivity index (χ2n) is 6.21. The van der Waals surface area contributed by atoms with Crippen LogP contribution < -0.4 is 0 Å². The highest BCUT2D eigenvalue weighted by molar-refractivity contribution is 14.1. The first kappa shape index (κ1) is 19.9. The standard InChI is InChI=1S/C17H27IO6/c1-2-21-15(19)8-7-13(18)12-11-16(20)24-14(12)5-3-9-22-17-6-4-10-23-17/h12-14,17H,2-11H2,1H3/t12-,13?,14-,17?/m1/s1. The van der Waals surface area contributed by atoms with E-state index in [4.69, 9.17) is 18.9 Å². The normalized spacial score (nSPS) is 27.9. The predicted molar refractivity (Wildman–Crippen MR) is 95.8 cm³/mol. The number of alkyl halides is 1. The summed E-state index contributed by atoms with van der Waals surface area (Å²) in [4.78, 5) is 23.2. The summed E-state index contributed by atoms with van der Waals surface area (Å²) >= 11 is 2.33. The van der Waals surface area contributed by atoms with Crippen LogP contribution in [0.5, 0.6) is 0 Å². The summed E-state index contributed by atoms with van der Waals surface area (Å²) in [5.74, 6) is -0.149. The molecule has 0 spiro atoms. The number of esters is 2.